The normalized spacial score (nSPS) is 15.5. The summed E-state index contributed by atoms with van der Waals surface area (Å²) in [5, 5.41) is 0.178. The maximum atomic E-state index is 12.9. The first-order valence-corrected chi connectivity index (χ1v) is 11.0. The molecule has 28 heavy (non-hydrogen) atoms. The van der Waals surface area contributed by atoms with Gasteiger partial charge in [-0.2, -0.15) is 0 Å². The molecule has 156 valence electrons. The van der Waals surface area contributed by atoms with Gasteiger partial charge >= 0.3 is 6.09 Å². The highest BCUT2D eigenvalue weighted by Gasteiger charge is 2.26. The topological polar surface area (TPSA) is 96.0 Å². The lowest BCUT2D eigenvalue weighted by Gasteiger charge is -2.22. The summed E-state index contributed by atoms with van der Waals surface area (Å²) >= 11 is 6.15. The molecule has 1 aromatic carbocycles. The Bertz CT molecular complexity index is 829. The molecule has 0 aliphatic carbocycles. The fourth-order valence-corrected chi connectivity index (χ4v) is 3.71. The van der Waals surface area contributed by atoms with Crippen molar-refractivity contribution in [1.82, 2.24) is 14.5 Å². The molecule has 1 heterocycles. The van der Waals surface area contributed by atoms with E-state index in [9.17, 15) is 18.0 Å². The van der Waals surface area contributed by atoms with Crippen LogP contribution in [0.4, 0.5) is 4.79 Å². The SMILES string of the molecule is CNS(=O)(=O)c1ccc(Cl)c(C(=O)N2CCCN(C(=O)OCC(C)C)CC2)c1. The van der Waals surface area contributed by atoms with Crippen molar-refractivity contribution in [2.75, 3.05) is 39.8 Å². The maximum Gasteiger partial charge on any atom is 0.409 e. The number of nitrogens with zero attached hydrogens (tertiary/aromatic N) is 2. The van der Waals surface area contributed by atoms with E-state index in [4.69, 9.17) is 16.3 Å². The van der Waals surface area contributed by atoms with Crippen molar-refractivity contribution in [3.05, 3.63) is 28.8 Å². The molecular formula is C18H26ClN3O5S. The van der Waals surface area contributed by atoms with Gasteiger partial charge in [0.2, 0.25) is 10.0 Å². The highest BCUT2D eigenvalue weighted by molar-refractivity contribution is 7.89. The first-order chi connectivity index (χ1) is 13.2. The molecule has 2 amide bonds. The van der Waals surface area contributed by atoms with Gasteiger partial charge in [0.25, 0.3) is 5.91 Å². The molecule has 0 aromatic heterocycles. The highest BCUT2D eigenvalue weighted by atomic mass is 35.5. The summed E-state index contributed by atoms with van der Waals surface area (Å²) in [6.07, 6.45) is 0.206. The Balaban J connectivity index is 2.11. The highest BCUT2D eigenvalue weighted by Crippen LogP contribution is 2.22. The predicted molar refractivity (Wildman–Crippen MR) is 106 cm³/mol. The van der Waals surface area contributed by atoms with E-state index >= 15 is 0 Å². The molecule has 1 N–H and O–H groups in total. The number of halogens is 1. The third-order valence-corrected chi connectivity index (χ3v) is 6.07. The Morgan fingerprint density at radius 2 is 1.82 bits per heavy atom. The second-order valence-electron chi connectivity index (χ2n) is 6.95. The van der Waals surface area contributed by atoms with E-state index in [0.29, 0.717) is 39.2 Å². The minimum atomic E-state index is -3.69. The first-order valence-electron chi connectivity index (χ1n) is 9.09. The smallest absolute Gasteiger partial charge is 0.409 e. The van der Waals surface area contributed by atoms with Crippen molar-refractivity contribution in [2.24, 2.45) is 5.92 Å². The van der Waals surface area contributed by atoms with Crippen LogP contribution >= 0.6 is 11.6 Å². The predicted octanol–water partition coefficient (Wildman–Crippen LogP) is 2.19. The van der Waals surface area contributed by atoms with Crippen LogP contribution in [0.1, 0.15) is 30.6 Å². The zero-order valence-corrected chi connectivity index (χ0v) is 17.8. The third-order valence-electron chi connectivity index (χ3n) is 4.33. The number of amides is 2. The molecule has 10 heteroatoms. The van der Waals surface area contributed by atoms with Gasteiger partial charge in [-0.25, -0.2) is 17.9 Å². The fraction of sp³-hybridized carbons (Fsp3) is 0.556. The van der Waals surface area contributed by atoms with Gasteiger partial charge < -0.3 is 14.5 Å². The van der Waals surface area contributed by atoms with E-state index in [0.717, 1.165) is 0 Å². The number of carbonyl (C=O) groups is 2. The van der Waals surface area contributed by atoms with Gasteiger partial charge in [0, 0.05) is 26.2 Å². The van der Waals surface area contributed by atoms with Gasteiger partial charge in [-0.05, 0) is 37.6 Å². The van der Waals surface area contributed by atoms with Crippen LogP contribution in [0.15, 0.2) is 23.1 Å². The van der Waals surface area contributed by atoms with E-state index < -0.39 is 10.0 Å². The summed E-state index contributed by atoms with van der Waals surface area (Å²) < 4.78 is 31.5. The summed E-state index contributed by atoms with van der Waals surface area (Å²) in [4.78, 5) is 28.2. The molecule has 1 saturated heterocycles. The number of rotatable bonds is 5. The van der Waals surface area contributed by atoms with Crippen molar-refractivity contribution in [3.8, 4) is 0 Å². The number of hydrogen-bond acceptors (Lipinski definition) is 5. The average Bonchev–Trinajstić information content (AvgIpc) is 2.92. The van der Waals surface area contributed by atoms with E-state index in [1.165, 1.54) is 25.2 Å². The van der Waals surface area contributed by atoms with Gasteiger partial charge in [0.15, 0.2) is 0 Å². The molecule has 0 bridgehead atoms. The number of nitrogens with one attached hydrogen (secondary N) is 1. The first kappa shape index (κ1) is 22.4. The van der Waals surface area contributed by atoms with Crippen LogP contribution < -0.4 is 4.72 Å². The number of carbonyl (C=O) groups excluding carboxylic acids is 2. The van der Waals surface area contributed by atoms with Crippen LogP contribution in [0.25, 0.3) is 0 Å². The number of sulfonamides is 1. The summed E-state index contributed by atoms with van der Waals surface area (Å²) in [6.45, 7) is 5.85. The number of ether oxygens (including phenoxy) is 1. The van der Waals surface area contributed by atoms with Crippen LogP contribution in [0.5, 0.6) is 0 Å². The van der Waals surface area contributed by atoms with Crippen molar-refractivity contribution >= 4 is 33.6 Å². The van der Waals surface area contributed by atoms with Gasteiger partial charge in [-0.1, -0.05) is 25.4 Å². The molecule has 2 rings (SSSR count). The van der Waals surface area contributed by atoms with Crippen LogP contribution in [-0.2, 0) is 14.8 Å². The molecule has 1 aliphatic heterocycles. The van der Waals surface area contributed by atoms with Crippen LogP contribution in [0.3, 0.4) is 0 Å². The van der Waals surface area contributed by atoms with Gasteiger partial charge in [-0.15, -0.1) is 0 Å². The van der Waals surface area contributed by atoms with Gasteiger partial charge in [0.05, 0.1) is 22.1 Å². The Labute approximate surface area is 170 Å². The lowest BCUT2D eigenvalue weighted by molar-refractivity contribution is 0.0746. The Kier molecular flexibility index (Phi) is 7.68. The number of benzene rings is 1. The summed E-state index contributed by atoms with van der Waals surface area (Å²) in [6, 6.07) is 4.02. The fourth-order valence-electron chi connectivity index (χ4n) is 2.76. The molecule has 1 aliphatic rings. The second kappa shape index (κ2) is 9.58. The van der Waals surface area contributed by atoms with E-state index in [2.05, 4.69) is 4.72 Å². The molecule has 0 atom stereocenters. The van der Waals surface area contributed by atoms with Crippen molar-refractivity contribution in [2.45, 2.75) is 25.2 Å². The standard InChI is InChI=1S/C18H26ClN3O5S/c1-13(2)12-27-18(24)22-8-4-7-21(9-10-22)17(23)15-11-14(5-6-16(15)19)28(25,26)20-3/h5-6,11,13,20H,4,7-10,12H2,1-3H3. The molecule has 0 unspecified atom stereocenters. The molecule has 1 fully saturated rings. The van der Waals surface area contributed by atoms with Crippen molar-refractivity contribution in [3.63, 3.8) is 0 Å². The lowest BCUT2D eigenvalue weighted by atomic mass is 10.2. The molecular weight excluding hydrogens is 406 g/mol. The average molecular weight is 432 g/mol. The molecule has 8 nitrogen and oxygen atoms in total. The van der Waals surface area contributed by atoms with Gasteiger partial charge in [-0.3, -0.25) is 4.79 Å². The Morgan fingerprint density at radius 3 is 2.46 bits per heavy atom. The Hall–Kier alpha value is -1.84. The minimum absolute atomic E-state index is 0.0311. The summed E-state index contributed by atoms with van der Waals surface area (Å²) in [7, 11) is -2.39. The minimum Gasteiger partial charge on any atom is -0.449 e. The van der Waals surface area contributed by atoms with E-state index in [1.807, 2.05) is 13.8 Å². The zero-order chi connectivity index (χ0) is 20.9. The van der Waals surface area contributed by atoms with E-state index in [1.54, 1.807) is 9.80 Å². The maximum absolute atomic E-state index is 12.9. The van der Waals surface area contributed by atoms with Crippen molar-refractivity contribution in [1.29, 1.82) is 0 Å². The summed E-state index contributed by atoms with van der Waals surface area (Å²) in [5.74, 6) is -0.118. The molecule has 1 aromatic rings. The quantitative estimate of drug-likeness (QED) is 0.770. The second-order valence-corrected chi connectivity index (χ2v) is 9.25. The molecule has 0 saturated carbocycles. The van der Waals surface area contributed by atoms with E-state index in [-0.39, 0.29) is 33.4 Å². The molecule has 0 spiro atoms. The summed E-state index contributed by atoms with van der Waals surface area (Å²) in [5.41, 5.74) is 0.119. The Morgan fingerprint density at radius 1 is 1.18 bits per heavy atom. The largest absolute Gasteiger partial charge is 0.449 e. The zero-order valence-electron chi connectivity index (χ0n) is 16.3. The third kappa shape index (κ3) is 5.59. The van der Waals surface area contributed by atoms with Crippen LogP contribution in [-0.4, -0.2) is 70.1 Å². The monoisotopic (exact) mass is 431 g/mol. The number of hydrogen-bond donors (Lipinski definition) is 1. The van der Waals surface area contributed by atoms with Crippen LogP contribution in [0.2, 0.25) is 5.02 Å². The van der Waals surface area contributed by atoms with Gasteiger partial charge in [0.1, 0.15) is 0 Å². The lowest BCUT2D eigenvalue weighted by Crippen LogP contribution is -2.38. The molecule has 0 radical (unpaired) electrons. The van der Waals surface area contributed by atoms with Crippen molar-refractivity contribution < 1.29 is 22.7 Å². The van der Waals surface area contributed by atoms with Crippen LogP contribution in [0, 0.1) is 5.92 Å².